The molecule has 0 atom stereocenters. The molecule has 31 heavy (non-hydrogen) atoms. The first-order valence-corrected chi connectivity index (χ1v) is 12.6. The van der Waals surface area contributed by atoms with Crippen molar-refractivity contribution in [1.82, 2.24) is 5.32 Å². The van der Waals surface area contributed by atoms with Crippen molar-refractivity contribution < 1.29 is 17.6 Å². The molecular weight excluding hydrogens is 439 g/mol. The summed E-state index contributed by atoms with van der Waals surface area (Å²) in [5.74, 6) is -0.601. The lowest BCUT2D eigenvalue weighted by atomic mass is 9.94. The van der Waals surface area contributed by atoms with Crippen LogP contribution in [0.15, 0.2) is 47.4 Å². The Morgan fingerprint density at radius 2 is 1.65 bits per heavy atom. The molecule has 2 saturated carbocycles. The zero-order valence-electron chi connectivity index (χ0n) is 17.2. The molecule has 0 aromatic heterocycles. The van der Waals surface area contributed by atoms with Crippen LogP contribution in [0.3, 0.4) is 0 Å². The van der Waals surface area contributed by atoms with Crippen LogP contribution in [0.4, 0.5) is 10.1 Å². The molecule has 2 fully saturated rings. The molecule has 2 N–H and O–H groups in total. The van der Waals surface area contributed by atoms with E-state index in [1.54, 1.807) is 24.3 Å². The largest absolute Gasteiger partial charge is 0.353 e. The maximum absolute atomic E-state index is 13.3. The van der Waals surface area contributed by atoms with Gasteiger partial charge in [-0.15, -0.1) is 0 Å². The van der Waals surface area contributed by atoms with Gasteiger partial charge in [-0.05, 0) is 61.6 Å². The predicted molar refractivity (Wildman–Crippen MR) is 119 cm³/mol. The number of hydrogen-bond acceptors (Lipinski definition) is 3. The standard InChI is InChI=1S/C23H26ClFN2O3S/c24-20-15-19(11-12-21(20)25)31(29,30)27-18-9-7-16(8-10-18)23(13-14-23)22(28)26-17-5-3-1-2-4-6-17/h7-12,15,17,27H,1-6,13-14H2,(H,26,28). The maximum atomic E-state index is 13.3. The predicted octanol–water partition coefficient (Wildman–Crippen LogP) is 5.15. The van der Waals surface area contributed by atoms with Crippen LogP contribution in [-0.2, 0) is 20.2 Å². The van der Waals surface area contributed by atoms with Crippen LogP contribution in [0.25, 0.3) is 0 Å². The molecule has 0 radical (unpaired) electrons. The van der Waals surface area contributed by atoms with Crippen LogP contribution in [0.5, 0.6) is 0 Å². The number of amides is 1. The molecule has 2 aliphatic carbocycles. The minimum absolute atomic E-state index is 0.0775. The van der Waals surface area contributed by atoms with Gasteiger partial charge in [-0.2, -0.15) is 0 Å². The molecule has 8 heteroatoms. The number of nitrogens with one attached hydrogen (secondary N) is 2. The second-order valence-electron chi connectivity index (χ2n) is 8.50. The van der Waals surface area contributed by atoms with Crippen LogP contribution in [-0.4, -0.2) is 20.4 Å². The van der Waals surface area contributed by atoms with Gasteiger partial charge < -0.3 is 5.32 Å². The molecule has 2 aromatic rings. The van der Waals surface area contributed by atoms with Crippen molar-refractivity contribution in [2.75, 3.05) is 4.72 Å². The third kappa shape index (κ3) is 4.88. The first kappa shape index (κ1) is 22.1. The van der Waals surface area contributed by atoms with Gasteiger partial charge >= 0.3 is 0 Å². The van der Waals surface area contributed by atoms with Gasteiger partial charge in [-0.25, -0.2) is 12.8 Å². The minimum atomic E-state index is -3.90. The average Bonchev–Trinajstić information content (AvgIpc) is 3.56. The van der Waals surface area contributed by atoms with Gasteiger partial charge in [-0.1, -0.05) is 49.4 Å². The van der Waals surface area contributed by atoms with E-state index in [9.17, 15) is 17.6 Å². The Morgan fingerprint density at radius 3 is 2.23 bits per heavy atom. The van der Waals surface area contributed by atoms with E-state index >= 15 is 0 Å². The van der Waals surface area contributed by atoms with Gasteiger partial charge in [0.2, 0.25) is 5.91 Å². The normalized spacial score (nSPS) is 18.8. The molecule has 0 unspecified atom stereocenters. The van der Waals surface area contributed by atoms with Gasteiger partial charge in [-0.3, -0.25) is 9.52 Å². The summed E-state index contributed by atoms with van der Waals surface area (Å²) in [5.41, 5.74) is 0.754. The lowest BCUT2D eigenvalue weighted by Gasteiger charge is -2.22. The average molecular weight is 465 g/mol. The molecule has 0 bridgehead atoms. The summed E-state index contributed by atoms with van der Waals surface area (Å²) >= 11 is 5.70. The number of carbonyl (C=O) groups is 1. The highest BCUT2D eigenvalue weighted by atomic mass is 35.5. The van der Waals surface area contributed by atoms with Gasteiger partial charge in [0.05, 0.1) is 15.3 Å². The smallest absolute Gasteiger partial charge is 0.261 e. The Kier molecular flexibility index (Phi) is 6.26. The van der Waals surface area contributed by atoms with E-state index in [0.717, 1.165) is 62.3 Å². The molecule has 0 spiro atoms. The van der Waals surface area contributed by atoms with Gasteiger partial charge in [0.1, 0.15) is 5.82 Å². The van der Waals surface area contributed by atoms with Crippen LogP contribution in [0, 0.1) is 5.82 Å². The van der Waals surface area contributed by atoms with Gasteiger partial charge in [0.15, 0.2) is 0 Å². The van der Waals surface area contributed by atoms with Crippen molar-refractivity contribution in [1.29, 1.82) is 0 Å². The molecule has 166 valence electrons. The topological polar surface area (TPSA) is 75.3 Å². The number of benzene rings is 2. The summed E-state index contributed by atoms with van der Waals surface area (Å²) in [6.45, 7) is 0. The highest BCUT2D eigenvalue weighted by molar-refractivity contribution is 7.92. The molecule has 2 aliphatic rings. The quantitative estimate of drug-likeness (QED) is 0.580. The number of hydrogen-bond donors (Lipinski definition) is 2. The third-order valence-corrected chi connectivity index (χ3v) is 7.93. The first-order valence-electron chi connectivity index (χ1n) is 10.7. The second kappa shape index (κ2) is 8.79. The van der Waals surface area contributed by atoms with E-state index < -0.39 is 21.3 Å². The van der Waals surface area contributed by atoms with E-state index in [0.29, 0.717) is 5.69 Å². The van der Waals surface area contributed by atoms with Crippen LogP contribution in [0.2, 0.25) is 5.02 Å². The van der Waals surface area contributed by atoms with E-state index in [2.05, 4.69) is 10.0 Å². The summed E-state index contributed by atoms with van der Waals surface area (Å²) in [4.78, 5) is 12.9. The molecule has 2 aromatic carbocycles. The highest BCUT2D eigenvalue weighted by Crippen LogP contribution is 2.49. The van der Waals surface area contributed by atoms with Crippen molar-refractivity contribution >= 4 is 33.2 Å². The van der Waals surface area contributed by atoms with Crippen LogP contribution < -0.4 is 10.0 Å². The summed E-state index contributed by atoms with van der Waals surface area (Å²) in [6, 6.07) is 10.4. The van der Waals surface area contributed by atoms with Crippen molar-refractivity contribution in [3.63, 3.8) is 0 Å². The molecule has 0 heterocycles. The van der Waals surface area contributed by atoms with E-state index in [-0.39, 0.29) is 21.9 Å². The van der Waals surface area contributed by atoms with Crippen LogP contribution >= 0.6 is 11.6 Å². The second-order valence-corrected chi connectivity index (χ2v) is 10.6. The van der Waals surface area contributed by atoms with Crippen molar-refractivity contribution in [3.8, 4) is 0 Å². The summed E-state index contributed by atoms with van der Waals surface area (Å²) in [6.07, 6.45) is 8.46. The Balaban J connectivity index is 1.45. The minimum Gasteiger partial charge on any atom is -0.353 e. The van der Waals surface area contributed by atoms with Crippen molar-refractivity contribution in [2.24, 2.45) is 0 Å². The Labute approximate surface area is 187 Å². The summed E-state index contributed by atoms with van der Waals surface area (Å²) in [7, 11) is -3.90. The Bertz CT molecular complexity index is 1060. The Morgan fingerprint density at radius 1 is 1.00 bits per heavy atom. The molecule has 1 amide bonds. The number of sulfonamides is 1. The maximum Gasteiger partial charge on any atom is 0.261 e. The van der Waals surface area contributed by atoms with Crippen molar-refractivity contribution in [3.05, 3.63) is 58.9 Å². The van der Waals surface area contributed by atoms with Gasteiger partial charge in [0.25, 0.3) is 10.0 Å². The summed E-state index contributed by atoms with van der Waals surface area (Å²) < 4.78 is 40.9. The zero-order valence-corrected chi connectivity index (χ0v) is 18.7. The molecule has 5 nitrogen and oxygen atoms in total. The highest BCUT2D eigenvalue weighted by Gasteiger charge is 2.51. The first-order chi connectivity index (χ1) is 14.8. The van der Waals surface area contributed by atoms with Crippen molar-refractivity contribution in [2.45, 2.75) is 67.7 Å². The SMILES string of the molecule is O=C(NC1CCCCCC1)C1(c2ccc(NS(=O)(=O)c3ccc(F)c(Cl)c3)cc2)CC1. The van der Waals surface area contributed by atoms with E-state index in [1.807, 2.05) is 0 Å². The number of halogens is 2. The lowest BCUT2D eigenvalue weighted by Crippen LogP contribution is -2.41. The fourth-order valence-corrected chi connectivity index (χ4v) is 5.56. The number of anilines is 1. The zero-order chi connectivity index (χ0) is 22.1. The lowest BCUT2D eigenvalue weighted by molar-refractivity contribution is -0.124. The fourth-order valence-electron chi connectivity index (χ4n) is 4.23. The van der Waals surface area contributed by atoms with E-state index in [4.69, 9.17) is 11.6 Å². The third-order valence-electron chi connectivity index (χ3n) is 6.27. The molecule has 0 aliphatic heterocycles. The van der Waals surface area contributed by atoms with Crippen LogP contribution in [0.1, 0.15) is 56.9 Å². The number of rotatable bonds is 6. The van der Waals surface area contributed by atoms with E-state index in [1.165, 1.54) is 12.8 Å². The monoisotopic (exact) mass is 464 g/mol. The molecule has 0 saturated heterocycles. The molecule has 4 rings (SSSR count). The van der Waals surface area contributed by atoms with Gasteiger partial charge in [0, 0.05) is 11.7 Å². The molecular formula is C23H26ClFN2O3S. The Hall–Kier alpha value is -2.12. The summed E-state index contributed by atoms with van der Waals surface area (Å²) in [5, 5.41) is 2.99. The number of carbonyl (C=O) groups excluding carboxylic acids is 1. The fraction of sp³-hybridized carbons (Fsp3) is 0.435.